The molecule has 0 aliphatic rings. The van der Waals surface area contributed by atoms with Crippen molar-refractivity contribution in [1.82, 2.24) is 15.3 Å². The number of carbonyl (C=O) groups is 1. The van der Waals surface area contributed by atoms with Crippen molar-refractivity contribution >= 4 is 11.7 Å². The van der Waals surface area contributed by atoms with E-state index in [0.29, 0.717) is 24.2 Å². The van der Waals surface area contributed by atoms with Crippen LogP contribution in [0.4, 0.5) is 5.82 Å². The molecule has 2 N–H and O–H groups in total. The van der Waals surface area contributed by atoms with E-state index in [4.69, 9.17) is 4.74 Å². The molecular weight excluding hydrogens is 232 g/mol. The molecule has 0 aromatic carbocycles. The molecule has 100 valence electrons. The Morgan fingerprint density at radius 2 is 2.17 bits per heavy atom. The third-order valence-electron chi connectivity index (χ3n) is 2.36. The van der Waals surface area contributed by atoms with Crippen LogP contribution in [0.2, 0.25) is 0 Å². The minimum atomic E-state index is -0.0549. The van der Waals surface area contributed by atoms with Crippen molar-refractivity contribution in [2.24, 2.45) is 5.92 Å². The maximum Gasteiger partial charge on any atom is 0.239 e. The molecule has 1 rings (SSSR count). The van der Waals surface area contributed by atoms with Crippen molar-refractivity contribution in [2.75, 3.05) is 25.5 Å². The van der Waals surface area contributed by atoms with Gasteiger partial charge in [-0.2, -0.15) is 0 Å². The number of rotatable bonds is 6. The largest absolute Gasteiger partial charge is 0.481 e. The maximum atomic E-state index is 11.5. The second-order valence-corrected chi connectivity index (χ2v) is 4.41. The highest BCUT2D eigenvalue weighted by molar-refractivity contribution is 5.80. The van der Waals surface area contributed by atoms with Gasteiger partial charge in [-0.1, -0.05) is 13.8 Å². The molecule has 0 fully saturated rings. The van der Waals surface area contributed by atoms with Gasteiger partial charge in [0.05, 0.1) is 19.2 Å². The van der Waals surface area contributed by atoms with Crippen molar-refractivity contribution in [3.63, 3.8) is 0 Å². The Morgan fingerprint density at radius 1 is 1.44 bits per heavy atom. The van der Waals surface area contributed by atoms with E-state index in [1.807, 2.05) is 20.8 Å². The van der Waals surface area contributed by atoms with Gasteiger partial charge < -0.3 is 15.4 Å². The zero-order valence-electron chi connectivity index (χ0n) is 11.3. The molecule has 18 heavy (non-hydrogen) atoms. The number of ether oxygens (including phenoxy) is 1. The van der Waals surface area contributed by atoms with Gasteiger partial charge in [0, 0.05) is 6.54 Å². The molecule has 1 aromatic rings. The highest BCUT2D eigenvalue weighted by atomic mass is 16.5. The van der Waals surface area contributed by atoms with E-state index < -0.39 is 0 Å². The molecule has 0 unspecified atom stereocenters. The molecule has 0 bridgehead atoms. The molecule has 1 heterocycles. The number of aromatic nitrogens is 2. The maximum absolute atomic E-state index is 11.5. The molecular formula is C12H20N4O2. The Bertz CT molecular complexity index is 407. The van der Waals surface area contributed by atoms with Crippen LogP contribution in [0.15, 0.2) is 6.33 Å². The van der Waals surface area contributed by atoms with Crippen molar-refractivity contribution in [3.05, 3.63) is 11.9 Å². The van der Waals surface area contributed by atoms with Crippen molar-refractivity contribution in [1.29, 1.82) is 0 Å². The highest BCUT2D eigenvalue weighted by Crippen LogP contribution is 2.19. The van der Waals surface area contributed by atoms with E-state index in [0.717, 1.165) is 5.56 Å². The fraction of sp³-hybridized carbons (Fsp3) is 0.583. The third kappa shape index (κ3) is 4.20. The first-order valence-corrected chi connectivity index (χ1v) is 5.90. The Labute approximate surface area is 107 Å². The summed E-state index contributed by atoms with van der Waals surface area (Å²) in [6.45, 7) is 6.80. The van der Waals surface area contributed by atoms with Crippen LogP contribution in [0.1, 0.15) is 19.4 Å². The number of nitrogens with one attached hydrogen (secondary N) is 2. The summed E-state index contributed by atoms with van der Waals surface area (Å²) in [7, 11) is 1.55. The highest BCUT2D eigenvalue weighted by Gasteiger charge is 2.08. The number of methoxy groups -OCH3 is 1. The van der Waals surface area contributed by atoms with Crippen molar-refractivity contribution < 1.29 is 9.53 Å². The van der Waals surface area contributed by atoms with Gasteiger partial charge >= 0.3 is 0 Å². The minimum Gasteiger partial charge on any atom is -0.481 e. The minimum absolute atomic E-state index is 0.0549. The molecule has 0 spiro atoms. The predicted molar refractivity (Wildman–Crippen MR) is 69.7 cm³/mol. The number of carbonyl (C=O) groups excluding carboxylic acids is 1. The standard InChI is InChI=1S/C12H20N4O2/c1-8(2)5-13-10(17)6-14-11-9(3)12(18-4)16-7-15-11/h7-8H,5-6H2,1-4H3,(H,13,17)(H,14,15,16). The Kier molecular flexibility index (Phi) is 5.35. The van der Waals surface area contributed by atoms with Crippen molar-refractivity contribution in [3.8, 4) is 5.88 Å². The van der Waals surface area contributed by atoms with Crippen LogP contribution in [0.3, 0.4) is 0 Å². The number of amides is 1. The van der Waals surface area contributed by atoms with E-state index >= 15 is 0 Å². The first-order chi connectivity index (χ1) is 8.54. The fourth-order valence-corrected chi connectivity index (χ4v) is 1.36. The summed E-state index contributed by atoms with van der Waals surface area (Å²) in [4.78, 5) is 19.6. The van der Waals surface area contributed by atoms with Crippen LogP contribution >= 0.6 is 0 Å². The summed E-state index contributed by atoms with van der Waals surface area (Å²) in [6, 6.07) is 0. The van der Waals surface area contributed by atoms with Gasteiger partial charge in [-0.3, -0.25) is 4.79 Å². The van der Waals surface area contributed by atoms with Crippen LogP contribution in [0.5, 0.6) is 5.88 Å². The molecule has 6 heteroatoms. The topological polar surface area (TPSA) is 76.1 Å². The summed E-state index contributed by atoms with van der Waals surface area (Å²) in [5.41, 5.74) is 0.789. The second kappa shape index (κ2) is 6.78. The quantitative estimate of drug-likeness (QED) is 0.789. The lowest BCUT2D eigenvalue weighted by atomic mass is 10.2. The van der Waals surface area contributed by atoms with E-state index in [2.05, 4.69) is 20.6 Å². The van der Waals surface area contributed by atoms with Gasteiger partial charge in [-0.25, -0.2) is 9.97 Å². The lowest BCUT2D eigenvalue weighted by Crippen LogP contribution is -2.32. The summed E-state index contributed by atoms with van der Waals surface area (Å²) in [5.74, 6) is 1.51. The van der Waals surface area contributed by atoms with Crippen LogP contribution in [-0.4, -0.2) is 36.1 Å². The zero-order chi connectivity index (χ0) is 13.5. The Hall–Kier alpha value is -1.85. The van der Waals surface area contributed by atoms with Crippen LogP contribution in [0, 0.1) is 12.8 Å². The van der Waals surface area contributed by atoms with Crippen LogP contribution < -0.4 is 15.4 Å². The second-order valence-electron chi connectivity index (χ2n) is 4.41. The smallest absolute Gasteiger partial charge is 0.239 e. The van der Waals surface area contributed by atoms with Crippen LogP contribution in [0.25, 0.3) is 0 Å². The Morgan fingerprint density at radius 3 is 2.78 bits per heavy atom. The molecule has 6 nitrogen and oxygen atoms in total. The van der Waals surface area contributed by atoms with Gasteiger partial charge in [-0.05, 0) is 12.8 Å². The average molecular weight is 252 g/mol. The number of nitrogens with zero attached hydrogens (tertiary/aromatic N) is 2. The van der Waals surface area contributed by atoms with E-state index in [-0.39, 0.29) is 12.5 Å². The van der Waals surface area contributed by atoms with Crippen LogP contribution in [-0.2, 0) is 4.79 Å². The summed E-state index contributed by atoms with van der Waals surface area (Å²) in [5, 5.41) is 5.79. The number of hydrogen-bond donors (Lipinski definition) is 2. The molecule has 0 atom stereocenters. The van der Waals surface area contributed by atoms with Gasteiger partial charge in [0.25, 0.3) is 0 Å². The van der Waals surface area contributed by atoms with Gasteiger partial charge in [0.1, 0.15) is 12.1 Å². The summed E-state index contributed by atoms with van der Waals surface area (Å²) in [6.07, 6.45) is 1.40. The third-order valence-corrected chi connectivity index (χ3v) is 2.36. The van der Waals surface area contributed by atoms with Gasteiger partial charge in [0.15, 0.2) is 0 Å². The predicted octanol–water partition coefficient (Wildman–Crippen LogP) is 0.978. The molecule has 0 radical (unpaired) electrons. The normalized spacial score (nSPS) is 10.3. The lowest BCUT2D eigenvalue weighted by Gasteiger charge is -2.11. The summed E-state index contributed by atoms with van der Waals surface area (Å²) >= 11 is 0. The Balaban J connectivity index is 2.51. The molecule has 0 saturated carbocycles. The molecule has 0 saturated heterocycles. The SMILES string of the molecule is COc1ncnc(NCC(=O)NCC(C)C)c1C. The zero-order valence-corrected chi connectivity index (χ0v) is 11.3. The molecule has 0 aliphatic carbocycles. The molecule has 1 amide bonds. The van der Waals surface area contributed by atoms with Gasteiger partial charge in [0.2, 0.25) is 11.8 Å². The first kappa shape index (κ1) is 14.2. The molecule has 1 aromatic heterocycles. The average Bonchev–Trinajstić information content (AvgIpc) is 2.35. The lowest BCUT2D eigenvalue weighted by molar-refractivity contribution is -0.119. The van der Waals surface area contributed by atoms with Crippen molar-refractivity contribution in [2.45, 2.75) is 20.8 Å². The number of hydrogen-bond acceptors (Lipinski definition) is 5. The fourth-order valence-electron chi connectivity index (χ4n) is 1.36. The van der Waals surface area contributed by atoms with E-state index in [1.54, 1.807) is 7.11 Å². The molecule has 0 aliphatic heterocycles. The monoisotopic (exact) mass is 252 g/mol. The van der Waals surface area contributed by atoms with Gasteiger partial charge in [-0.15, -0.1) is 0 Å². The van der Waals surface area contributed by atoms with E-state index in [9.17, 15) is 4.79 Å². The number of anilines is 1. The summed E-state index contributed by atoms with van der Waals surface area (Å²) < 4.78 is 5.08. The first-order valence-electron chi connectivity index (χ1n) is 5.90. The van der Waals surface area contributed by atoms with E-state index in [1.165, 1.54) is 6.33 Å².